The van der Waals surface area contributed by atoms with Crippen LogP contribution in [0.25, 0.3) is 16.7 Å². The molecule has 0 aliphatic rings. The molecule has 1 unspecified atom stereocenters. The lowest BCUT2D eigenvalue weighted by Crippen LogP contribution is -2.33. The SMILES string of the molecule is Cc1cc(C(=O)NC(C)CCc2ccccc2)c2c(C)nn(-c3ccccc3Cl)c2n1. The molecule has 0 saturated carbocycles. The predicted octanol–water partition coefficient (Wildman–Crippen LogP) is 5.44. The number of aryl methyl sites for hydroxylation is 3. The first-order valence-corrected chi connectivity index (χ1v) is 10.8. The van der Waals surface area contributed by atoms with Crippen LogP contribution in [0.2, 0.25) is 5.02 Å². The van der Waals surface area contributed by atoms with Gasteiger partial charge in [-0.1, -0.05) is 54.1 Å². The highest BCUT2D eigenvalue weighted by Gasteiger charge is 2.21. The van der Waals surface area contributed by atoms with E-state index in [1.54, 1.807) is 4.68 Å². The summed E-state index contributed by atoms with van der Waals surface area (Å²) in [7, 11) is 0. The van der Waals surface area contributed by atoms with Crippen molar-refractivity contribution >= 4 is 28.5 Å². The van der Waals surface area contributed by atoms with Crippen molar-refractivity contribution in [3.05, 3.63) is 88.2 Å². The molecule has 1 atom stereocenters. The van der Waals surface area contributed by atoms with Crippen LogP contribution in [0.4, 0.5) is 0 Å². The molecule has 0 aliphatic heterocycles. The Morgan fingerprint density at radius 1 is 1.10 bits per heavy atom. The van der Waals surface area contributed by atoms with Gasteiger partial charge in [0.2, 0.25) is 0 Å². The summed E-state index contributed by atoms with van der Waals surface area (Å²) in [4.78, 5) is 17.9. The highest BCUT2D eigenvalue weighted by atomic mass is 35.5. The number of nitrogens with zero attached hydrogens (tertiary/aromatic N) is 3. The van der Waals surface area contributed by atoms with Gasteiger partial charge in [0.1, 0.15) is 0 Å². The van der Waals surface area contributed by atoms with Gasteiger partial charge in [-0.15, -0.1) is 0 Å². The quantitative estimate of drug-likeness (QED) is 0.441. The highest BCUT2D eigenvalue weighted by Crippen LogP contribution is 2.28. The van der Waals surface area contributed by atoms with Crippen LogP contribution < -0.4 is 5.32 Å². The Hall–Kier alpha value is -3.18. The van der Waals surface area contributed by atoms with Crippen molar-refractivity contribution in [2.75, 3.05) is 0 Å². The molecular formula is C25H25ClN4O. The van der Waals surface area contributed by atoms with Gasteiger partial charge in [-0.3, -0.25) is 4.79 Å². The summed E-state index contributed by atoms with van der Waals surface area (Å²) in [5, 5.41) is 9.12. The number of carbonyl (C=O) groups is 1. The van der Waals surface area contributed by atoms with Crippen LogP contribution in [0.3, 0.4) is 0 Å². The average molecular weight is 433 g/mol. The van der Waals surface area contributed by atoms with E-state index >= 15 is 0 Å². The third-order valence-corrected chi connectivity index (χ3v) is 5.67. The van der Waals surface area contributed by atoms with E-state index in [4.69, 9.17) is 11.6 Å². The van der Waals surface area contributed by atoms with E-state index in [1.165, 1.54) is 5.56 Å². The zero-order valence-corrected chi connectivity index (χ0v) is 18.6. The first kappa shape index (κ1) is 21.1. The van der Waals surface area contributed by atoms with Crippen LogP contribution in [0, 0.1) is 13.8 Å². The molecule has 6 heteroatoms. The van der Waals surface area contributed by atoms with E-state index in [1.807, 2.05) is 69.3 Å². The minimum atomic E-state index is -0.113. The first-order valence-electron chi connectivity index (χ1n) is 10.4. The zero-order chi connectivity index (χ0) is 22.0. The summed E-state index contributed by atoms with van der Waals surface area (Å²) in [6, 6.07) is 19.7. The Morgan fingerprint density at radius 2 is 1.81 bits per heavy atom. The smallest absolute Gasteiger partial charge is 0.252 e. The van der Waals surface area contributed by atoms with Crippen LogP contribution in [-0.4, -0.2) is 26.7 Å². The van der Waals surface area contributed by atoms with Gasteiger partial charge in [0, 0.05) is 11.7 Å². The van der Waals surface area contributed by atoms with Crippen LogP contribution in [0.15, 0.2) is 60.7 Å². The van der Waals surface area contributed by atoms with E-state index in [2.05, 4.69) is 27.5 Å². The largest absolute Gasteiger partial charge is 0.350 e. The second-order valence-corrected chi connectivity index (χ2v) is 8.26. The normalized spacial score (nSPS) is 12.1. The van der Waals surface area contributed by atoms with Crippen molar-refractivity contribution < 1.29 is 4.79 Å². The number of aromatic nitrogens is 3. The van der Waals surface area contributed by atoms with E-state index in [9.17, 15) is 4.79 Å². The molecule has 0 radical (unpaired) electrons. The van der Waals surface area contributed by atoms with Crippen molar-refractivity contribution in [2.45, 2.75) is 39.7 Å². The number of para-hydroxylation sites is 1. The van der Waals surface area contributed by atoms with Crippen molar-refractivity contribution in [1.82, 2.24) is 20.1 Å². The average Bonchev–Trinajstić information content (AvgIpc) is 3.08. The van der Waals surface area contributed by atoms with Crippen LogP contribution in [0.1, 0.15) is 40.7 Å². The second kappa shape index (κ2) is 8.90. The van der Waals surface area contributed by atoms with Gasteiger partial charge in [0.25, 0.3) is 5.91 Å². The van der Waals surface area contributed by atoms with Crippen molar-refractivity contribution in [2.24, 2.45) is 0 Å². The fourth-order valence-electron chi connectivity index (χ4n) is 3.79. The summed E-state index contributed by atoms with van der Waals surface area (Å²) >= 11 is 6.40. The summed E-state index contributed by atoms with van der Waals surface area (Å²) in [6.07, 6.45) is 1.78. The number of carbonyl (C=O) groups excluding carboxylic acids is 1. The summed E-state index contributed by atoms with van der Waals surface area (Å²) in [5.74, 6) is -0.113. The van der Waals surface area contributed by atoms with E-state index in [0.29, 0.717) is 16.2 Å². The molecule has 0 saturated heterocycles. The third kappa shape index (κ3) is 4.47. The topological polar surface area (TPSA) is 59.8 Å². The fourth-order valence-corrected chi connectivity index (χ4v) is 4.00. The number of halogens is 1. The van der Waals surface area contributed by atoms with Gasteiger partial charge in [-0.25, -0.2) is 9.67 Å². The summed E-state index contributed by atoms with van der Waals surface area (Å²) < 4.78 is 1.72. The Balaban J connectivity index is 1.63. The van der Waals surface area contributed by atoms with Gasteiger partial charge in [-0.05, 0) is 57.4 Å². The summed E-state index contributed by atoms with van der Waals surface area (Å²) in [6.45, 7) is 5.81. The summed E-state index contributed by atoms with van der Waals surface area (Å²) in [5.41, 5.74) is 4.72. The monoisotopic (exact) mass is 432 g/mol. The van der Waals surface area contributed by atoms with E-state index in [-0.39, 0.29) is 11.9 Å². The first-order chi connectivity index (χ1) is 14.9. The number of amides is 1. The number of hydrogen-bond acceptors (Lipinski definition) is 3. The molecule has 1 amide bonds. The van der Waals surface area contributed by atoms with Gasteiger partial charge >= 0.3 is 0 Å². The number of rotatable bonds is 6. The Morgan fingerprint density at radius 3 is 2.55 bits per heavy atom. The molecular weight excluding hydrogens is 408 g/mol. The maximum absolute atomic E-state index is 13.2. The number of benzene rings is 2. The maximum Gasteiger partial charge on any atom is 0.252 e. The molecule has 158 valence electrons. The Kier molecular flexibility index (Phi) is 6.05. The van der Waals surface area contributed by atoms with Crippen LogP contribution in [0.5, 0.6) is 0 Å². The molecule has 2 aromatic carbocycles. The number of fused-ring (bicyclic) bond motifs is 1. The molecule has 1 N–H and O–H groups in total. The standard InChI is InChI=1S/C25H25ClN4O/c1-16(13-14-19-9-5-4-6-10-19)28-25(31)20-15-17(2)27-24-23(20)18(3)29-30(24)22-12-8-7-11-21(22)26/h4-12,15-16H,13-14H2,1-3H3,(H,28,31). The van der Waals surface area contributed by atoms with Gasteiger partial charge < -0.3 is 5.32 Å². The van der Waals surface area contributed by atoms with Gasteiger partial charge in [-0.2, -0.15) is 5.10 Å². The highest BCUT2D eigenvalue weighted by molar-refractivity contribution is 6.32. The van der Waals surface area contributed by atoms with Crippen molar-refractivity contribution in [3.8, 4) is 5.69 Å². The molecule has 0 spiro atoms. The number of pyridine rings is 1. The molecule has 4 rings (SSSR count). The Bertz CT molecular complexity index is 1230. The predicted molar refractivity (Wildman–Crippen MR) is 125 cm³/mol. The van der Waals surface area contributed by atoms with Crippen molar-refractivity contribution in [3.63, 3.8) is 0 Å². The molecule has 2 heterocycles. The zero-order valence-electron chi connectivity index (χ0n) is 17.9. The molecule has 0 fully saturated rings. The minimum absolute atomic E-state index is 0.0372. The van der Waals surface area contributed by atoms with Gasteiger partial charge in [0.05, 0.1) is 27.4 Å². The lowest BCUT2D eigenvalue weighted by Gasteiger charge is -2.15. The molecule has 5 nitrogen and oxygen atoms in total. The Labute approximate surface area is 187 Å². The van der Waals surface area contributed by atoms with Crippen LogP contribution in [-0.2, 0) is 6.42 Å². The molecule has 2 aromatic heterocycles. The molecule has 4 aromatic rings. The maximum atomic E-state index is 13.2. The minimum Gasteiger partial charge on any atom is -0.350 e. The lowest BCUT2D eigenvalue weighted by molar-refractivity contribution is 0.0940. The number of nitrogens with one attached hydrogen (secondary N) is 1. The third-order valence-electron chi connectivity index (χ3n) is 5.35. The van der Waals surface area contributed by atoms with Crippen LogP contribution >= 0.6 is 11.6 Å². The molecule has 0 bridgehead atoms. The lowest BCUT2D eigenvalue weighted by atomic mass is 10.0. The van der Waals surface area contributed by atoms with E-state index in [0.717, 1.165) is 35.3 Å². The van der Waals surface area contributed by atoms with Crippen molar-refractivity contribution in [1.29, 1.82) is 0 Å². The van der Waals surface area contributed by atoms with E-state index < -0.39 is 0 Å². The molecule has 0 aliphatic carbocycles. The second-order valence-electron chi connectivity index (χ2n) is 7.86. The fraction of sp³-hybridized carbons (Fsp3) is 0.240. The van der Waals surface area contributed by atoms with Gasteiger partial charge in [0.15, 0.2) is 5.65 Å². The number of hydrogen-bond donors (Lipinski definition) is 1. The molecule has 31 heavy (non-hydrogen) atoms.